The van der Waals surface area contributed by atoms with Gasteiger partial charge >= 0.3 is 12.1 Å². The molecule has 4 amide bonds. The van der Waals surface area contributed by atoms with Crippen LogP contribution >= 0.6 is 22.7 Å². The zero-order valence-corrected chi connectivity index (χ0v) is 52.6. The number of phenolic OH excluding ortho intramolecular Hbond substituents is 2. The molecular weight excluding hydrogens is 1200 g/mol. The van der Waals surface area contributed by atoms with E-state index in [2.05, 4.69) is 43.7 Å². The number of hydrogen-bond donors (Lipinski definition) is 7. The summed E-state index contributed by atoms with van der Waals surface area (Å²) in [4.78, 5) is 84.6. The summed E-state index contributed by atoms with van der Waals surface area (Å²) in [5, 5.41) is 60.6. The van der Waals surface area contributed by atoms with Crippen LogP contribution in [0.5, 0.6) is 17.2 Å². The Morgan fingerprint density at radius 3 is 2.17 bits per heavy atom. The Morgan fingerprint density at radius 1 is 0.852 bits per heavy atom. The summed E-state index contributed by atoms with van der Waals surface area (Å²) >= 11 is 2.43. The number of halogens is 1. The number of sulfonamides is 1. The number of rotatable bonds is 31. The number of benzene rings is 3. The Labute approximate surface area is 516 Å². The number of aliphatic hydroxyl groups is 2. The molecule has 0 spiro atoms. The molecule has 0 saturated carbocycles. The lowest BCUT2D eigenvalue weighted by Gasteiger charge is -2.30. The highest BCUT2D eigenvalue weighted by atomic mass is 32.2. The number of amides is 4. The molecule has 0 aliphatic rings. The number of thiazole rings is 2. The number of carbonyl (C=O) groups is 5. The normalized spacial score (nSPS) is 12.5. The van der Waals surface area contributed by atoms with Crippen LogP contribution in [0.4, 0.5) is 15.1 Å². The van der Waals surface area contributed by atoms with Gasteiger partial charge in [0.15, 0.2) is 15.7 Å². The summed E-state index contributed by atoms with van der Waals surface area (Å²) in [7, 11) is -0.858. The minimum atomic E-state index is -3.74. The third kappa shape index (κ3) is 18.8. The first-order chi connectivity index (χ1) is 41.4. The van der Waals surface area contributed by atoms with Crippen LogP contribution in [0.25, 0.3) is 50.7 Å². The highest BCUT2D eigenvalue weighted by Gasteiger charge is 2.32. The standard InChI is InChI=1S/C60H74FN9O15S3/c1-34(2)51-43(52(38-11-13-39(61)14-12-38)67-58(66-51)69(9)88(10,81)82)17-15-40(71)29-41(72)30-48(74)63-21-20-62-47(73)19-25-83-27-28-84-26-24-70(23-22-68(8)49(75)32-60(6,7)50-37(5)53(76)35(3)36(4)54(50)77)59(80)85-42-16-18-46-44(31-42)64-56(87-46)55-65-45(33-86-55)57(78)79/h11-18,31,33-34,40-41,71-72,76-77H,4-5,19-30,32H2,1-3,6-10H3,(H,62,73)(H,63,74)(H,78,79)/t40-,41-/m1/s1. The molecular formula is C60H74FN9O15S3. The Bertz CT molecular complexity index is 3750. The molecule has 88 heavy (non-hydrogen) atoms. The van der Waals surface area contributed by atoms with Gasteiger partial charge < -0.3 is 60.2 Å². The number of carboxylic acid groups (broad SMARTS) is 1. The average molecular weight is 1280 g/mol. The molecule has 474 valence electrons. The van der Waals surface area contributed by atoms with Gasteiger partial charge in [0.25, 0.3) is 0 Å². The predicted molar refractivity (Wildman–Crippen MR) is 333 cm³/mol. The fourth-order valence-electron chi connectivity index (χ4n) is 8.96. The van der Waals surface area contributed by atoms with Gasteiger partial charge in [-0.3, -0.25) is 14.4 Å². The molecule has 0 aliphatic heterocycles. The van der Waals surface area contributed by atoms with E-state index in [9.17, 15) is 62.3 Å². The molecule has 24 nitrogen and oxygen atoms in total. The number of aromatic hydroxyl groups is 2. The van der Waals surface area contributed by atoms with E-state index in [0.29, 0.717) is 43.5 Å². The quantitative estimate of drug-likeness (QED) is 0.0215. The molecule has 0 bridgehead atoms. The van der Waals surface area contributed by atoms with Crippen LogP contribution in [0, 0.1) is 12.7 Å². The van der Waals surface area contributed by atoms with E-state index in [4.69, 9.17) is 14.2 Å². The smallest absolute Gasteiger partial charge is 0.415 e. The summed E-state index contributed by atoms with van der Waals surface area (Å²) in [6.45, 7) is 17.1. The fraction of sp³-hybridized carbons (Fsp3) is 0.417. The maximum Gasteiger partial charge on any atom is 0.415 e. The number of nitrogens with zero attached hydrogens (tertiary/aromatic N) is 7. The first-order valence-electron chi connectivity index (χ1n) is 27.8. The molecule has 3 heterocycles. The predicted octanol–water partition coefficient (Wildman–Crippen LogP) is 5.27. The van der Waals surface area contributed by atoms with Gasteiger partial charge in [-0.05, 0) is 49.2 Å². The van der Waals surface area contributed by atoms with Gasteiger partial charge in [0, 0.05) is 116 Å². The van der Waals surface area contributed by atoms with Gasteiger partial charge in [0.05, 0.1) is 72.9 Å². The van der Waals surface area contributed by atoms with Gasteiger partial charge in [-0.1, -0.05) is 53.0 Å². The molecule has 0 radical (unpaired) electrons. The fourth-order valence-corrected chi connectivity index (χ4v) is 11.1. The Morgan fingerprint density at radius 2 is 1.52 bits per heavy atom. The molecule has 3 aromatic carbocycles. The lowest BCUT2D eigenvalue weighted by Crippen LogP contribution is -2.43. The number of aliphatic hydroxyl groups excluding tert-OH is 2. The number of carbonyl (C=O) groups excluding carboxylic acids is 4. The van der Waals surface area contributed by atoms with Crippen molar-refractivity contribution in [3.8, 4) is 38.5 Å². The lowest BCUT2D eigenvalue weighted by molar-refractivity contribution is -0.131. The third-order valence-corrected chi connectivity index (χ3v) is 17.2. The SMILES string of the molecule is C=c1c(C)c(O)c(=C)c(C(C)(C)CC(=O)N(C)CCN(CCOCCOCCC(=O)NCCNC(=O)C[C@H](O)C[C@H](O)C=Cc2c(-c3ccc(F)cc3)nc(N(C)S(C)(=O)=O)nc2C(C)C)C(=O)Oc2ccc3sc(-c4nc(C(=O)O)cs4)nc3c2)c1O. The van der Waals surface area contributed by atoms with Gasteiger partial charge in [-0.25, -0.2) is 46.6 Å². The highest BCUT2D eigenvalue weighted by molar-refractivity contribution is 7.92. The maximum absolute atomic E-state index is 13.9. The molecule has 0 aliphatic carbocycles. The van der Waals surface area contributed by atoms with Gasteiger partial charge in [-0.15, -0.1) is 22.7 Å². The van der Waals surface area contributed by atoms with Gasteiger partial charge in [0.1, 0.15) is 23.1 Å². The molecule has 7 N–H and O–H groups in total. The maximum atomic E-state index is 13.9. The van der Waals surface area contributed by atoms with Crippen molar-refractivity contribution in [1.82, 2.24) is 40.4 Å². The van der Waals surface area contributed by atoms with E-state index in [0.717, 1.165) is 26.6 Å². The summed E-state index contributed by atoms with van der Waals surface area (Å²) in [6, 6.07) is 10.3. The van der Waals surface area contributed by atoms with Crippen molar-refractivity contribution in [3.63, 3.8) is 0 Å². The second-order valence-electron chi connectivity index (χ2n) is 21.6. The van der Waals surface area contributed by atoms with Crippen molar-refractivity contribution in [2.45, 2.75) is 83.8 Å². The molecule has 0 fully saturated rings. The Balaban J connectivity index is 0.937. The second-order valence-corrected chi connectivity index (χ2v) is 25.5. The lowest BCUT2D eigenvalue weighted by atomic mass is 9.78. The zero-order chi connectivity index (χ0) is 64.8. The van der Waals surface area contributed by atoms with E-state index < -0.39 is 51.4 Å². The van der Waals surface area contributed by atoms with E-state index >= 15 is 0 Å². The number of likely N-dealkylation sites (N-methyl/N-ethyl adjacent to an activating group) is 1. The van der Waals surface area contributed by atoms with E-state index in [1.807, 2.05) is 13.8 Å². The number of anilines is 1. The van der Waals surface area contributed by atoms with Crippen molar-refractivity contribution in [1.29, 1.82) is 0 Å². The number of aromatic carboxylic acids is 1. The molecule has 6 rings (SSSR count). The van der Waals surface area contributed by atoms with Crippen molar-refractivity contribution in [2.24, 2.45) is 0 Å². The summed E-state index contributed by atoms with van der Waals surface area (Å²) in [5.74, 6) is -3.31. The molecule has 0 saturated heterocycles. The van der Waals surface area contributed by atoms with Crippen LogP contribution in [0.3, 0.4) is 0 Å². The van der Waals surface area contributed by atoms with Crippen molar-refractivity contribution < 1.29 is 76.5 Å². The Kier molecular flexibility index (Phi) is 24.2. The molecule has 3 aromatic heterocycles. The first-order valence-corrected chi connectivity index (χ1v) is 31.4. The van der Waals surface area contributed by atoms with Crippen LogP contribution in [0.15, 0.2) is 53.9 Å². The van der Waals surface area contributed by atoms with Crippen LogP contribution in [-0.4, -0.2) is 185 Å². The van der Waals surface area contributed by atoms with E-state index in [1.54, 1.807) is 52.1 Å². The molecule has 2 atom stereocenters. The average Bonchev–Trinajstić information content (AvgIpc) is 1.15. The molecule has 0 unspecified atom stereocenters. The number of hydrogen-bond acceptors (Lipinski definition) is 20. The van der Waals surface area contributed by atoms with Crippen molar-refractivity contribution in [3.05, 3.63) is 98.3 Å². The van der Waals surface area contributed by atoms with Crippen molar-refractivity contribution in [2.75, 3.05) is 83.8 Å². The molecule has 28 heteroatoms. The summed E-state index contributed by atoms with van der Waals surface area (Å²) < 4.78 is 57.5. The topological polar surface area (TPSA) is 334 Å². The minimum absolute atomic E-state index is 0.00823. The minimum Gasteiger partial charge on any atom is -0.507 e. The number of fused-ring (bicyclic) bond motifs is 1. The van der Waals surface area contributed by atoms with E-state index in [1.165, 1.54) is 63.9 Å². The highest BCUT2D eigenvalue weighted by Crippen LogP contribution is 2.36. The van der Waals surface area contributed by atoms with Crippen LogP contribution in [-0.2, 0) is 39.3 Å². The number of carboxylic acids is 1. The number of ether oxygens (including phenoxy) is 3. The van der Waals surface area contributed by atoms with Crippen LogP contribution in [0.2, 0.25) is 0 Å². The van der Waals surface area contributed by atoms with Crippen LogP contribution in [0.1, 0.15) is 92.2 Å². The summed E-state index contributed by atoms with van der Waals surface area (Å²) in [5.41, 5.74) is 1.71. The largest absolute Gasteiger partial charge is 0.507 e. The first kappa shape index (κ1) is 69.1. The molecule has 6 aromatic rings. The van der Waals surface area contributed by atoms with Gasteiger partial charge in [0.2, 0.25) is 33.7 Å². The number of aromatic nitrogens is 4. The Hall–Kier alpha value is -7.99. The second kappa shape index (κ2) is 30.8. The van der Waals surface area contributed by atoms with Gasteiger partial charge in [-0.2, -0.15) is 0 Å². The van der Waals surface area contributed by atoms with Crippen LogP contribution < -0.4 is 30.1 Å². The van der Waals surface area contributed by atoms with Crippen molar-refractivity contribution >= 4 is 97.9 Å². The van der Waals surface area contributed by atoms with E-state index in [-0.39, 0.29) is 148 Å². The number of phenols is 2. The monoisotopic (exact) mass is 1280 g/mol. The summed E-state index contributed by atoms with van der Waals surface area (Å²) in [6.07, 6.45) is 0.0283. The zero-order valence-electron chi connectivity index (χ0n) is 50.2. The third-order valence-electron chi connectivity index (χ3n) is 14.0. The number of nitrogens with one attached hydrogen (secondary N) is 2.